The topological polar surface area (TPSA) is 91.4 Å². The molecule has 0 aliphatic carbocycles. The Morgan fingerprint density at radius 1 is 1.06 bits per heavy atom. The maximum Gasteiger partial charge on any atom is 0.322 e. The molecule has 2 saturated heterocycles. The number of rotatable bonds is 5. The van der Waals surface area contributed by atoms with Gasteiger partial charge in [-0.25, -0.2) is 9.78 Å². The summed E-state index contributed by atoms with van der Waals surface area (Å²) in [6.07, 6.45) is 1.77. The number of amides is 4. The van der Waals surface area contributed by atoms with Gasteiger partial charge < -0.3 is 10.2 Å². The molecule has 7 nitrogen and oxygen atoms in total. The van der Waals surface area contributed by atoms with Crippen molar-refractivity contribution in [3.05, 3.63) is 76.1 Å². The highest BCUT2D eigenvalue weighted by atomic mass is 32.1. The van der Waals surface area contributed by atoms with Crippen LogP contribution in [0, 0.1) is 5.92 Å². The zero-order chi connectivity index (χ0) is 24.6. The minimum atomic E-state index is -1.12. The van der Waals surface area contributed by atoms with Gasteiger partial charge in [-0.1, -0.05) is 56.3 Å². The largest absolute Gasteiger partial charge is 0.339 e. The Bertz CT molecular complexity index is 1250. The molecule has 5 rings (SSSR count). The molecule has 0 radical (unpaired) electrons. The van der Waals surface area contributed by atoms with Gasteiger partial charge in [0.25, 0.3) is 11.8 Å². The molecule has 4 amide bonds. The van der Waals surface area contributed by atoms with E-state index in [-0.39, 0.29) is 17.7 Å². The summed E-state index contributed by atoms with van der Waals surface area (Å²) in [5.74, 6) is -0.170. The third-order valence-corrected chi connectivity index (χ3v) is 8.08. The fraction of sp³-hybridized carbons (Fsp3) is 0.333. The van der Waals surface area contributed by atoms with Gasteiger partial charge in [-0.05, 0) is 36.5 Å². The number of hydrogen-bond acceptors (Lipinski definition) is 5. The lowest BCUT2D eigenvalue weighted by atomic mass is 9.79. The predicted molar refractivity (Wildman–Crippen MR) is 135 cm³/mol. The molecule has 0 spiro atoms. The van der Waals surface area contributed by atoms with Gasteiger partial charge >= 0.3 is 6.03 Å². The SMILES string of the molecule is CC(C)[C@]1(c2ccc(C(=O)N3CCC(c4nc(-c5ccccc5)cs4)CC3)cc2)NC(=O)NC1=O. The van der Waals surface area contributed by atoms with Crippen molar-refractivity contribution >= 4 is 29.2 Å². The van der Waals surface area contributed by atoms with E-state index in [2.05, 4.69) is 28.1 Å². The fourth-order valence-electron chi connectivity index (χ4n) is 5.02. The standard InChI is InChI=1S/C27H28N4O3S/c1-17(2)27(25(33)29-26(34)30-27)21-10-8-20(9-11-21)24(32)31-14-12-19(13-15-31)23-28-22(16-35-23)18-6-4-3-5-7-18/h3-11,16-17,19H,12-15H2,1-2H3,(H2,29,30,33,34)/t27-/m1/s1. The summed E-state index contributed by atoms with van der Waals surface area (Å²) < 4.78 is 0. The van der Waals surface area contributed by atoms with Crippen LogP contribution in [0.4, 0.5) is 4.79 Å². The highest BCUT2D eigenvalue weighted by Gasteiger charge is 2.50. The van der Waals surface area contributed by atoms with Crippen LogP contribution in [0.1, 0.15) is 53.5 Å². The van der Waals surface area contributed by atoms with Gasteiger partial charge in [-0.3, -0.25) is 14.9 Å². The van der Waals surface area contributed by atoms with E-state index in [4.69, 9.17) is 4.98 Å². The van der Waals surface area contributed by atoms with Gasteiger partial charge in [0.15, 0.2) is 0 Å². The van der Waals surface area contributed by atoms with Crippen molar-refractivity contribution in [1.82, 2.24) is 20.5 Å². The lowest BCUT2D eigenvalue weighted by Crippen LogP contribution is -2.48. The highest BCUT2D eigenvalue weighted by molar-refractivity contribution is 7.10. The van der Waals surface area contributed by atoms with Crippen LogP contribution in [0.2, 0.25) is 0 Å². The van der Waals surface area contributed by atoms with E-state index in [0.29, 0.717) is 30.1 Å². The molecule has 0 bridgehead atoms. The summed E-state index contributed by atoms with van der Waals surface area (Å²) in [4.78, 5) is 44.3. The summed E-state index contributed by atoms with van der Waals surface area (Å²) in [5.41, 5.74) is 2.26. The van der Waals surface area contributed by atoms with Crippen molar-refractivity contribution in [1.29, 1.82) is 0 Å². The van der Waals surface area contributed by atoms with Gasteiger partial charge in [0.05, 0.1) is 10.7 Å². The van der Waals surface area contributed by atoms with Gasteiger partial charge in [-0.15, -0.1) is 11.3 Å². The lowest BCUT2D eigenvalue weighted by molar-refractivity contribution is -0.125. The van der Waals surface area contributed by atoms with E-state index >= 15 is 0 Å². The van der Waals surface area contributed by atoms with Crippen LogP contribution in [0.3, 0.4) is 0 Å². The number of aromatic nitrogens is 1. The number of thiazole rings is 1. The van der Waals surface area contributed by atoms with E-state index < -0.39 is 11.6 Å². The first-order valence-corrected chi connectivity index (χ1v) is 12.8. The average Bonchev–Trinajstić information content (AvgIpc) is 3.49. The van der Waals surface area contributed by atoms with Crippen LogP contribution >= 0.6 is 11.3 Å². The second kappa shape index (κ2) is 9.26. The smallest absolute Gasteiger partial charge is 0.322 e. The molecule has 0 unspecified atom stereocenters. The molecular weight excluding hydrogens is 460 g/mol. The Kier molecular flexibility index (Phi) is 6.15. The molecule has 3 heterocycles. The third-order valence-electron chi connectivity index (χ3n) is 7.07. The molecule has 2 aromatic carbocycles. The predicted octanol–water partition coefficient (Wildman–Crippen LogP) is 4.52. The van der Waals surface area contributed by atoms with Crippen LogP contribution in [0.15, 0.2) is 60.0 Å². The number of piperidine rings is 1. The van der Waals surface area contributed by atoms with Crippen LogP contribution in [-0.4, -0.2) is 40.8 Å². The van der Waals surface area contributed by atoms with Crippen molar-refractivity contribution in [3.8, 4) is 11.3 Å². The first kappa shape index (κ1) is 23.2. The van der Waals surface area contributed by atoms with Crippen molar-refractivity contribution in [2.75, 3.05) is 13.1 Å². The quantitative estimate of drug-likeness (QED) is 0.517. The van der Waals surface area contributed by atoms with E-state index in [0.717, 1.165) is 29.1 Å². The first-order valence-electron chi connectivity index (χ1n) is 11.9. The molecule has 1 atom stereocenters. The second-order valence-corrected chi connectivity index (χ2v) is 10.3. The van der Waals surface area contributed by atoms with Crippen LogP contribution in [-0.2, 0) is 10.3 Å². The number of carbonyl (C=O) groups is 3. The van der Waals surface area contributed by atoms with Crippen molar-refractivity contribution < 1.29 is 14.4 Å². The third kappa shape index (κ3) is 4.23. The number of likely N-dealkylation sites (tertiary alicyclic amines) is 1. The van der Waals surface area contributed by atoms with Gasteiger partial charge in [0.2, 0.25) is 0 Å². The number of benzene rings is 2. The number of imide groups is 1. The van der Waals surface area contributed by atoms with E-state index in [1.54, 1.807) is 35.6 Å². The zero-order valence-electron chi connectivity index (χ0n) is 19.8. The summed E-state index contributed by atoms with van der Waals surface area (Å²) in [7, 11) is 0. The first-order chi connectivity index (χ1) is 16.9. The fourth-order valence-corrected chi connectivity index (χ4v) is 6.02. The van der Waals surface area contributed by atoms with E-state index in [1.807, 2.05) is 36.9 Å². The number of nitrogens with one attached hydrogen (secondary N) is 2. The Balaban J connectivity index is 1.24. The Hall–Kier alpha value is -3.52. The molecule has 0 saturated carbocycles. The number of carbonyl (C=O) groups excluding carboxylic acids is 3. The molecular formula is C27H28N4O3S. The molecule has 2 N–H and O–H groups in total. The average molecular weight is 489 g/mol. The number of urea groups is 1. The molecule has 180 valence electrons. The maximum atomic E-state index is 13.2. The van der Waals surface area contributed by atoms with Crippen molar-refractivity contribution in [2.45, 2.75) is 38.1 Å². The summed E-state index contributed by atoms with van der Waals surface area (Å²) in [5, 5.41) is 8.36. The second-order valence-electron chi connectivity index (χ2n) is 9.45. The lowest BCUT2D eigenvalue weighted by Gasteiger charge is -2.32. The molecule has 8 heteroatoms. The normalized spacial score (nSPS) is 20.7. The van der Waals surface area contributed by atoms with Gasteiger partial charge in [0.1, 0.15) is 5.54 Å². The summed E-state index contributed by atoms with van der Waals surface area (Å²) >= 11 is 1.70. The zero-order valence-corrected chi connectivity index (χ0v) is 20.6. The van der Waals surface area contributed by atoms with Crippen LogP contribution in [0.5, 0.6) is 0 Å². The maximum absolute atomic E-state index is 13.2. The minimum absolute atomic E-state index is 0.0161. The minimum Gasteiger partial charge on any atom is -0.339 e. The van der Waals surface area contributed by atoms with E-state index in [1.165, 1.54) is 0 Å². The summed E-state index contributed by atoms with van der Waals surface area (Å²) in [6.45, 7) is 5.14. The molecule has 35 heavy (non-hydrogen) atoms. The Morgan fingerprint density at radius 2 is 1.74 bits per heavy atom. The highest BCUT2D eigenvalue weighted by Crippen LogP contribution is 2.35. The van der Waals surface area contributed by atoms with Crippen LogP contribution in [0.25, 0.3) is 11.3 Å². The molecule has 3 aromatic rings. The molecule has 2 fully saturated rings. The number of nitrogens with zero attached hydrogens (tertiary/aromatic N) is 2. The van der Waals surface area contributed by atoms with Crippen molar-refractivity contribution in [3.63, 3.8) is 0 Å². The van der Waals surface area contributed by atoms with Crippen molar-refractivity contribution in [2.24, 2.45) is 5.92 Å². The number of hydrogen-bond donors (Lipinski definition) is 2. The monoisotopic (exact) mass is 488 g/mol. The van der Waals surface area contributed by atoms with Gasteiger partial charge in [0, 0.05) is 35.5 Å². The molecule has 1 aromatic heterocycles. The Labute approximate surface area is 208 Å². The van der Waals surface area contributed by atoms with E-state index in [9.17, 15) is 14.4 Å². The molecule has 2 aliphatic heterocycles. The van der Waals surface area contributed by atoms with Gasteiger partial charge in [-0.2, -0.15) is 0 Å². The molecule has 2 aliphatic rings. The summed E-state index contributed by atoms with van der Waals surface area (Å²) in [6, 6.07) is 16.7. The van der Waals surface area contributed by atoms with Crippen LogP contribution < -0.4 is 10.6 Å². The Morgan fingerprint density at radius 3 is 2.34 bits per heavy atom.